The van der Waals surface area contributed by atoms with Crippen molar-refractivity contribution in [1.29, 1.82) is 0 Å². The Labute approximate surface area is 155 Å². The van der Waals surface area contributed by atoms with E-state index < -0.39 is 17.5 Å². The molecule has 3 rings (SSSR count). The lowest BCUT2D eigenvalue weighted by atomic mass is 9.69. The highest BCUT2D eigenvalue weighted by Crippen LogP contribution is 2.42. The van der Waals surface area contributed by atoms with Crippen molar-refractivity contribution in [3.63, 3.8) is 0 Å². The van der Waals surface area contributed by atoms with Gasteiger partial charge >= 0.3 is 0 Å². The third kappa shape index (κ3) is 4.95. The molecule has 0 amide bonds. The Balaban J connectivity index is 1.40. The van der Waals surface area contributed by atoms with Gasteiger partial charge in [-0.15, -0.1) is 0 Å². The Hall–Kier alpha value is -1.19. The van der Waals surface area contributed by atoms with Gasteiger partial charge in [0.1, 0.15) is 5.75 Å². The van der Waals surface area contributed by atoms with Crippen LogP contribution in [0.4, 0.5) is 13.2 Å². The van der Waals surface area contributed by atoms with E-state index >= 15 is 0 Å². The lowest BCUT2D eigenvalue weighted by Crippen LogP contribution is -2.27. The maximum Gasteiger partial charge on any atom is 0.194 e. The van der Waals surface area contributed by atoms with Crippen LogP contribution in [0.5, 0.6) is 5.75 Å². The first-order valence-corrected chi connectivity index (χ1v) is 10.3. The zero-order chi connectivity index (χ0) is 18.5. The summed E-state index contributed by atoms with van der Waals surface area (Å²) in [5.41, 5.74) is 0. The van der Waals surface area contributed by atoms with E-state index in [2.05, 4.69) is 6.92 Å². The molecule has 0 bridgehead atoms. The second kappa shape index (κ2) is 9.14. The van der Waals surface area contributed by atoms with Gasteiger partial charge in [0.25, 0.3) is 0 Å². The molecule has 146 valence electrons. The zero-order valence-electron chi connectivity index (χ0n) is 15.8. The molecule has 2 fully saturated rings. The van der Waals surface area contributed by atoms with E-state index in [0.717, 1.165) is 42.7 Å². The summed E-state index contributed by atoms with van der Waals surface area (Å²) in [4.78, 5) is 0. The van der Waals surface area contributed by atoms with Gasteiger partial charge in [-0.05, 0) is 62.2 Å². The summed E-state index contributed by atoms with van der Waals surface area (Å²) in [6.45, 7) is 2.74. The summed E-state index contributed by atoms with van der Waals surface area (Å²) in [5.74, 6) is -0.620. The molecule has 0 N–H and O–H groups in total. The smallest absolute Gasteiger partial charge is 0.194 e. The maximum absolute atomic E-state index is 13.2. The molecule has 0 spiro atoms. The fourth-order valence-corrected chi connectivity index (χ4v) is 5.01. The van der Waals surface area contributed by atoms with E-state index in [1.165, 1.54) is 51.4 Å². The summed E-state index contributed by atoms with van der Waals surface area (Å²) in [5, 5.41) is 0. The van der Waals surface area contributed by atoms with Crippen molar-refractivity contribution in [1.82, 2.24) is 0 Å². The lowest BCUT2D eigenvalue weighted by Gasteiger charge is -2.37. The molecule has 0 unspecified atom stereocenters. The highest BCUT2D eigenvalue weighted by molar-refractivity contribution is 5.25. The van der Waals surface area contributed by atoms with Gasteiger partial charge < -0.3 is 4.74 Å². The van der Waals surface area contributed by atoms with Crippen LogP contribution in [-0.4, -0.2) is 6.61 Å². The first kappa shape index (κ1) is 19.6. The van der Waals surface area contributed by atoms with Crippen LogP contribution in [0.1, 0.15) is 71.1 Å². The largest absolute Gasteiger partial charge is 0.493 e. The summed E-state index contributed by atoms with van der Waals surface area (Å²) in [7, 11) is 0. The number of rotatable bonds is 6. The molecular weight excluding hydrogens is 337 g/mol. The van der Waals surface area contributed by atoms with Crippen molar-refractivity contribution in [2.24, 2.45) is 23.7 Å². The third-order valence-electron chi connectivity index (χ3n) is 6.59. The Morgan fingerprint density at radius 1 is 0.808 bits per heavy atom. The van der Waals surface area contributed by atoms with Gasteiger partial charge in [-0.3, -0.25) is 0 Å². The Bertz CT molecular complexity index is 550. The molecule has 26 heavy (non-hydrogen) atoms. The zero-order valence-corrected chi connectivity index (χ0v) is 15.8. The average molecular weight is 368 g/mol. The van der Waals surface area contributed by atoms with Crippen molar-refractivity contribution >= 4 is 0 Å². The molecular formula is C22H31F3O. The molecule has 2 aliphatic rings. The summed E-state index contributed by atoms with van der Waals surface area (Å²) < 4.78 is 45.0. The Morgan fingerprint density at radius 3 is 1.81 bits per heavy atom. The molecule has 4 heteroatoms. The minimum Gasteiger partial charge on any atom is -0.493 e. The minimum absolute atomic E-state index is 0.0813. The fourth-order valence-electron chi connectivity index (χ4n) is 5.01. The van der Waals surface area contributed by atoms with Gasteiger partial charge in [0.2, 0.25) is 0 Å². The molecule has 1 aromatic rings. The molecule has 0 atom stereocenters. The molecule has 1 aromatic carbocycles. The lowest BCUT2D eigenvalue weighted by molar-refractivity contribution is 0.121. The van der Waals surface area contributed by atoms with E-state index in [9.17, 15) is 13.2 Å². The topological polar surface area (TPSA) is 9.23 Å². The van der Waals surface area contributed by atoms with Gasteiger partial charge in [0, 0.05) is 12.1 Å². The normalized spacial score (nSPS) is 29.5. The van der Waals surface area contributed by atoms with Crippen molar-refractivity contribution in [2.45, 2.75) is 71.1 Å². The predicted molar refractivity (Wildman–Crippen MR) is 97.6 cm³/mol. The highest BCUT2D eigenvalue weighted by atomic mass is 19.2. The molecule has 0 aromatic heterocycles. The van der Waals surface area contributed by atoms with E-state index in [4.69, 9.17) is 4.74 Å². The fraction of sp³-hybridized carbons (Fsp3) is 0.727. The number of hydrogen-bond donors (Lipinski definition) is 0. The first-order valence-electron chi connectivity index (χ1n) is 10.3. The second-order valence-corrected chi connectivity index (χ2v) is 8.36. The van der Waals surface area contributed by atoms with Gasteiger partial charge in [0.15, 0.2) is 17.5 Å². The Kier molecular flexibility index (Phi) is 6.88. The Morgan fingerprint density at radius 2 is 1.31 bits per heavy atom. The van der Waals surface area contributed by atoms with E-state index in [1.54, 1.807) is 0 Å². The molecule has 1 nitrogen and oxygen atoms in total. The maximum atomic E-state index is 13.2. The SMILES string of the molecule is CCC[C@H]1CC[C@H](C2CCC(COc3cc(F)c(F)c(F)c3)CC2)CC1. The molecule has 2 aliphatic carbocycles. The van der Waals surface area contributed by atoms with Crippen molar-refractivity contribution in [3.05, 3.63) is 29.6 Å². The molecule has 0 heterocycles. The van der Waals surface area contributed by atoms with E-state index in [1.807, 2.05) is 0 Å². The van der Waals surface area contributed by atoms with Crippen LogP contribution in [-0.2, 0) is 0 Å². The van der Waals surface area contributed by atoms with Crippen LogP contribution >= 0.6 is 0 Å². The number of benzene rings is 1. The number of halogens is 3. The number of ether oxygens (including phenoxy) is 1. The van der Waals surface area contributed by atoms with Gasteiger partial charge in [0.05, 0.1) is 6.61 Å². The van der Waals surface area contributed by atoms with Crippen LogP contribution in [0.2, 0.25) is 0 Å². The van der Waals surface area contributed by atoms with Crippen molar-refractivity contribution in [2.75, 3.05) is 6.61 Å². The third-order valence-corrected chi connectivity index (χ3v) is 6.59. The summed E-state index contributed by atoms with van der Waals surface area (Å²) in [6, 6.07) is 1.86. The molecule has 0 radical (unpaired) electrons. The highest BCUT2D eigenvalue weighted by Gasteiger charge is 2.30. The van der Waals surface area contributed by atoms with Gasteiger partial charge in [-0.2, -0.15) is 0 Å². The van der Waals surface area contributed by atoms with Crippen LogP contribution < -0.4 is 4.74 Å². The molecule has 0 aliphatic heterocycles. The number of hydrogen-bond acceptors (Lipinski definition) is 1. The summed E-state index contributed by atoms with van der Waals surface area (Å²) >= 11 is 0. The quantitative estimate of drug-likeness (QED) is 0.496. The molecule has 0 saturated heterocycles. The summed E-state index contributed by atoms with van der Waals surface area (Å²) in [6.07, 6.45) is 13.0. The van der Waals surface area contributed by atoms with Gasteiger partial charge in [-0.1, -0.05) is 32.6 Å². The predicted octanol–water partition coefficient (Wildman–Crippen LogP) is 6.90. The molecule has 2 saturated carbocycles. The second-order valence-electron chi connectivity index (χ2n) is 8.36. The van der Waals surface area contributed by atoms with E-state index in [0.29, 0.717) is 12.5 Å². The first-order chi connectivity index (χ1) is 12.6. The standard InChI is InChI=1S/C22H31F3O/c1-2-3-15-4-8-17(9-5-15)18-10-6-16(7-11-18)14-26-19-12-20(23)22(25)21(24)13-19/h12-13,15-18H,2-11,14H2,1H3/t15-,16?,17-,18?. The van der Waals surface area contributed by atoms with Crippen molar-refractivity contribution < 1.29 is 17.9 Å². The van der Waals surface area contributed by atoms with Crippen LogP contribution in [0.15, 0.2) is 12.1 Å². The van der Waals surface area contributed by atoms with E-state index in [-0.39, 0.29) is 5.75 Å². The average Bonchev–Trinajstić information content (AvgIpc) is 2.66. The van der Waals surface area contributed by atoms with Crippen LogP contribution in [0, 0.1) is 41.1 Å². The van der Waals surface area contributed by atoms with Crippen molar-refractivity contribution in [3.8, 4) is 5.75 Å². The monoisotopic (exact) mass is 368 g/mol. The van der Waals surface area contributed by atoms with Gasteiger partial charge in [-0.25, -0.2) is 13.2 Å². The van der Waals surface area contributed by atoms with Crippen LogP contribution in [0.25, 0.3) is 0 Å². The van der Waals surface area contributed by atoms with Crippen LogP contribution in [0.3, 0.4) is 0 Å². The minimum atomic E-state index is -1.44.